The lowest BCUT2D eigenvalue weighted by Crippen LogP contribution is -2.30. The van der Waals surface area contributed by atoms with Crippen molar-refractivity contribution in [2.45, 2.75) is 13.3 Å². The van der Waals surface area contributed by atoms with Crippen LogP contribution in [0, 0.1) is 6.92 Å². The fraction of sp³-hybridized carbons (Fsp3) is 0.222. The first-order valence-corrected chi connectivity index (χ1v) is 10.0. The number of rotatable bonds is 4. The topological polar surface area (TPSA) is 92.8 Å². The summed E-state index contributed by atoms with van der Waals surface area (Å²) >= 11 is 6.09. The lowest BCUT2D eigenvalue weighted by atomic mass is 10.1. The maximum Gasteiger partial charge on any atom is 0.255 e. The number of benzene rings is 2. The molecule has 0 unspecified atom stereocenters. The molecule has 2 aromatic carbocycles. The van der Waals surface area contributed by atoms with E-state index in [2.05, 4.69) is 5.32 Å². The lowest BCUT2D eigenvalue weighted by Gasteiger charge is -2.17. The van der Waals surface area contributed by atoms with Gasteiger partial charge < -0.3 is 10.1 Å². The summed E-state index contributed by atoms with van der Waals surface area (Å²) in [6, 6.07) is 9.46. The van der Waals surface area contributed by atoms with Gasteiger partial charge in [-0.1, -0.05) is 17.7 Å². The summed E-state index contributed by atoms with van der Waals surface area (Å²) in [5.74, 6) is -0.852. The Kier molecular flexibility index (Phi) is 5.12. The van der Waals surface area contributed by atoms with E-state index >= 15 is 0 Å². The first kappa shape index (κ1) is 19.2. The van der Waals surface area contributed by atoms with Gasteiger partial charge in [0.25, 0.3) is 5.91 Å². The Bertz CT molecular complexity index is 1040. The van der Waals surface area contributed by atoms with Crippen LogP contribution in [0.4, 0.5) is 11.4 Å². The van der Waals surface area contributed by atoms with E-state index in [9.17, 15) is 18.0 Å². The number of ether oxygens (including phenoxy) is 1. The number of amides is 2. The van der Waals surface area contributed by atoms with Gasteiger partial charge in [0.2, 0.25) is 15.9 Å². The van der Waals surface area contributed by atoms with Gasteiger partial charge in [-0.2, -0.15) is 0 Å². The van der Waals surface area contributed by atoms with Crippen LogP contribution in [-0.2, 0) is 14.8 Å². The fourth-order valence-electron chi connectivity index (χ4n) is 2.77. The molecule has 0 aromatic heterocycles. The average molecular weight is 409 g/mol. The maximum atomic E-state index is 12.7. The van der Waals surface area contributed by atoms with Gasteiger partial charge in [-0.05, 0) is 42.8 Å². The molecule has 1 aliphatic rings. The van der Waals surface area contributed by atoms with Gasteiger partial charge in [-0.3, -0.25) is 9.59 Å². The van der Waals surface area contributed by atoms with Crippen LogP contribution in [0.3, 0.4) is 0 Å². The van der Waals surface area contributed by atoms with E-state index in [0.29, 0.717) is 15.7 Å². The van der Waals surface area contributed by atoms with Crippen molar-refractivity contribution in [2.75, 3.05) is 22.5 Å². The number of aryl methyl sites for hydroxylation is 1. The Balaban J connectivity index is 1.96. The Hall–Kier alpha value is -2.58. The molecule has 0 saturated carbocycles. The third-order valence-electron chi connectivity index (χ3n) is 4.11. The molecule has 3 rings (SSSR count). The Labute approximate surface area is 161 Å². The van der Waals surface area contributed by atoms with E-state index in [1.54, 1.807) is 12.1 Å². The Morgan fingerprint density at radius 3 is 2.59 bits per heavy atom. The molecule has 2 aromatic rings. The second-order valence-electron chi connectivity index (χ2n) is 6.05. The molecule has 9 heteroatoms. The highest BCUT2D eigenvalue weighted by Crippen LogP contribution is 2.33. The van der Waals surface area contributed by atoms with E-state index < -0.39 is 21.8 Å². The molecule has 7 nitrogen and oxygen atoms in total. The molecule has 0 atom stereocenters. The number of carbonyl (C=O) groups is 2. The molecule has 0 spiro atoms. The van der Waals surface area contributed by atoms with Crippen LogP contribution < -0.4 is 14.4 Å². The smallest absolute Gasteiger partial charge is 0.255 e. The predicted molar refractivity (Wildman–Crippen MR) is 103 cm³/mol. The first-order chi connectivity index (χ1) is 12.7. The molecule has 1 N–H and O–H groups in total. The molecule has 1 fully saturated rings. The molecule has 0 radical (unpaired) electrons. The van der Waals surface area contributed by atoms with Gasteiger partial charge in [0.15, 0.2) is 0 Å². The predicted octanol–water partition coefficient (Wildman–Crippen LogP) is 2.98. The van der Waals surface area contributed by atoms with Gasteiger partial charge in [0.1, 0.15) is 5.75 Å². The zero-order valence-corrected chi connectivity index (χ0v) is 16.2. The van der Waals surface area contributed by atoms with Crippen molar-refractivity contribution >= 4 is 44.8 Å². The Morgan fingerprint density at radius 1 is 1.22 bits per heavy atom. The third kappa shape index (κ3) is 3.77. The minimum absolute atomic E-state index is 0.0250. The highest BCUT2D eigenvalue weighted by Gasteiger charge is 2.37. The van der Waals surface area contributed by atoms with Gasteiger partial charge >= 0.3 is 0 Å². The van der Waals surface area contributed by atoms with Crippen LogP contribution >= 0.6 is 11.6 Å². The van der Waals surface area contributed by atoms with Crippen molar-refractivity contribution in [3.63, 3.8) is 0 Å². The summed E-state index contributed by atoms with van der Waals surface area (Å²) in [6.07, 6.45) is -0.115. The van der Waals surface area contributed by atoms with E-state index in [1.807, 2.05) is 13.0 Å². The number of anilines is 2. The summed E-state index contributed by atoms with van der Waals surface area (Å²) in [4.78, 5) is 24.7. The number of halogens is 1. The third-order valence-corrected chi connectivity index (χ3v) is 6.11. The minimum atomic E-state index is -3.78. The van der Waals surface area contributed by atoms with Crippen molar-refractivity contribution in [3.8, 4) is 5.75 Å². The van der Waals surface area contributed by atoms with Crippen LogP contribution in [0.2, 0.25) is 5.02 Å². The number of nitrogens with one attached hydrogen (secondary N) is 1. The molecule has 0 aliphatic carbocycles. The molecule has 0 bridgehead atoms. The fourth-order valence-corrected chi connectivity index (χ4v) is 4.49. The van der Waals surface area contributed by atoms with Crippen LogP contribution in [0.1, 0.15) is 22.3 Å². The second kappa shape index (κ2) is 7.21. The van der Waals surface area contributed by atoms with Crippen LogP contribution in [0.5, 0.6) is 5.75 Å². The molecular weight excluding hydrogens is 392 g/mol. The summed E-state index contributed by atoms with van der Waals surface area (Å²) in [5, 5.41) is 2.80. The van der Waals surface area contributed by atoms with Crippen molar-refractivity contribution in [2.24, 2.45) is 0 Å². The number of methoxy groups -OCH3 is 1. The molecule has 142 valence electrons. The SMILES string of the molecule is COc1ccc(C)cc1NC(=O)c1ccc(Cl)c(N2C(=O)CCS2(=O)=O)c1. The molecular formula is C18H17ClN2O5S. The normalized spacial score (nSPS) is 15.7. The molecule has 2 amide bonds. The summed E-state index contributed by atoms with van der Waals surface area (Å²) < 4.78 is 30.2. The van der Waals surface area contributed by atoms with Crippen LogP contribution in [-0.4, -0.2) is 33.1 Å². The van der Waals surface area contributed by atoms with Crippen LogP contribution in [0.15, 0.2) is 36.4 Å². The van der Waals surface area contributed by atoms with Crippen molar-refractivity contribution in [1.82, 2.24) is 0 Å². The summed E-state index contributed by atoms with van der Waals surface area (Å²) in [6.45, 7) is 1.87. The molecule has 1 saturated heterocycles. The highest BCUT2D eigenvalue weighted by molar-refractivity contribution is 7.94. The Morgan fingerprint density at radius 2 is 1.96 bits per heavy atom. The van der Waals surface area contributed by atoms with Crippen LogP contribution in [0.25, 0.3) is 0 Å². The average Bonchev–Trinajstić information content (AvgIpc) is 2.88. The number of carbonyl (C=O) groups excluding carboxylic acids is 2. The number of hydrogen-bond donors (Lipinski definition) is 1. The van der Waals surface area contributed by atoms with Gasteiger partial charge in [-0.15, -0.1) is 0 Å². The quantitative estimate of drug-likeness (QED) is 0.839. The minimum Gasteiger partial charge on any atom is -0.495 e. The standard InChI is InChI=1S/C18H17ClN2O5S/c1-11-3-6-16(26-2)14(9-11)20-18(23)12-4-5-13(19)15(10-12)21-17(22)7-8-27(21,24)25/h3-6,9-10H,7-8H2,1-2H3,(H,20,23). The molecule has 27 heavy (non-hydrogen) atoms. The maximum absolute atomic E-state index is 12.7. The van der Waals surface area contributed by atoms with Crippen molar-refractivity contribution < 1.29 is 22.7 Å². The number of sulfonamides is 1. The van der Waals surface area contributed by atoms with Crippen molar-refractivity contribution in [3.05, 3.63) is 52.5 Å². The zero-order valence-electron chi connectivity index (χ0n) is 14.7. The number of nitrogens with zero attached hydrogens (tertiary/aromatic N) is 1. The largest absolute Gasteiger partial charge is 0.495 e. The first-order valence-electron chi connectivity index (χ1n) is 8.04. The van der Waals surface area contributed by atoms with Gasteiger partial charge in [0.05, 0.1) is 29.3 Å². The number of hydrogen-bond acceptors (Lipinski definition) is 5. The summed E-state index contributed by atoms with van der Waals surface area (Å²) in [5.41, 5.74) is 1.54. The second-order valence-corrected chi connectivity index (χ2v) is 8.39. The van der Waals surface area contributed by atoms with E-state index in [0.717, 1.165) is 5.56 Å². The zero-order chi connectivity index (χ0) is 19.8. The van der Waals surface area contributed by atoms with Gasteiger partial charge in [-0.25, -0.2) is 12.7 Å². The monoisotopic (exact) mass is 408 g/mol. The highest BCUT2D eigenvalue weighted by atomic mass is 35.5. The van der Waals surface area contributed by atoms with E-state index in [-0.39, 0.29) is 28.4 Å². The molecule has 1 aliphatic heterocycles. The van der Waals surface area contributed by atoms with E-state index in [4.69, 9.17) is 16.3 Å². The lowest BCUT2D eigenvalue weighted by molar-refractivity contribution is -0.116. The van der Waals surface area contributed by atoms with E-state index in [1.165, 1.54) is 25.3 Å². The van der Waals surface area contributed by atoms with Gasteiger partial charge in [0, 0.05) is 12.0 Å². The molecule has 1 heterocycles. The van der Waals surface area contributed by atoms with Crippen molar-refractivity contribution in [1.29, 1.82) is 0 Å². The summed E-state index contributed by atoms with van der Waals surface area (Å²) in [7, 11) is -2.29.